The number of rotatable bonds is 2. The van der Waals surface area contributed by atoms with Crippen molar-refractivity contribution in [2.24, 2.45) is 16.7 Å². The predicted molar refractivity (Wildman–Crippen MR) is 69.1 cm³/mol. The summed E-state index contributed by atoms with van der Waals surface area (Å²) in [5.41, 5.74) is -1.27. The number of halogens is 1. The van der Waals surface area contributed by atoms with E-state index < -0.39 is 20.9 Å². The van der Waals surface area contributed by atoms with Crippen LogP contribution >= 0.6 is 15.9 Å². The fourth-order valence-corrected chi connectivity index (χ4v) is 6.11. The standard InChI is InChI=1S/C10H15BrO4S.H3N/c1-9-4-3-6(7(11)8(9)12)10(9,2)5-16(13,14)15;/h6-7H,3-5H2,1-2H3,(H,13,14,15);1H3/p+1. The van der Waals surface area contributed by atoms with Crippen molar-refractivity contribution in [3.05, 3.63) is 0 Å². The number of hydrogen-bond acceptors (Lipinski definition) is 3. The molecule has 4 atom stereocenters. The van der Waals surface area contributed by atoms with E-state index in [2.05, 4.69) is 15.9 Å². The molecule has 2 aliphatic rings. The molecule has 0 spiro atoms. The van der Waals surface area contributed by atoms with E-state index in [1.807, 2.05) is 6.92 Å². The summed E-state index contributed by atoms with van der Waals surface area (Å²) in [6, 6.07) is 0. The van der Waals surface area contributed by atoms with Gasteiger partial charge in [-0.05, 0) is 18.8 Å². The Hall–Kier alpha value is 0.0200. The van der Waals surface area contributed by atoms with Crippen LogP contribution in [0, 0.1) is 16.7 Å². The van der Waals surface area contributed by atoms with Crippen LogP contribution in [-0.4, -0.2) is 29.3 Å². The molecule has 0 aromatic heterocycles. The van der Waals surface area contributed by atoms with Crippen LogP contribution in [0.1, 0.15) is 26.7 Å². The van der Waals surface area contributed by atoms with E-state index in [0.717, 1.165) is 6.42 Å². The summed E-state index contributed by atoms with van der Waals surface area (Å²) in [6.07, 6.45) is 1.55. The fourth-order valence-electron chi connectivity index (χ4n) is 3.46. The van der Waals surface area contributed by atoms with E-state index in [0.29, 0.717) is 6.42 Å². The van der Waals surface area contributed by atoms with Crippen molar-refractivity contribution < 1.29 is 17.8 Å². The number of Topliss-reactive ketones (excluding diaryl/α,β-unsaturated/α-hetero) is 1. The highest BCUT2D eigenvalue weighted by molar-refractivity contribution is 9.10. The first kappa shape index (κ1) is 15.1. The summed E-state index contributed by atoms with van der Waals surface area (Å²) in [4.78, 5) is 11.8. The second-order valence-electron chi connectivity index (χ2n) is 5.39. The highest BCUT2D eigenvalue weighted by Crippen LogP contribution is 2.65. The largest absolute Gasteiger partial charge is 0.369 e. The molecule has 5 nitrogen and oxygen atoms in total. The average molecular weight is 329 g/mol. The highest BCUT2D eigenvalue weighted by Gasteiger charge is 2.68. The molecule has 4 unspecified atom stereocenters. The van der Waals surface area contributed by atoms with Crippen molar-refractivity contribution in [2.45, 2.75) is 31.5 Å². The minimum absolute atomic E-state index is 0. The molecule has 0 aromatic rings. The molecule has 0 heterocycles. The molecule has 2 saturated carbocycles. The summed E-state index contributed by atoms with van der Waals surface area (Å²) in [5, 5.41) is 0. The van der Waals surface area contributed by atoms with Gasteiger partial charge in [0.2, 0.25) is 0 Å². The van der Waals surface area contributed by atoms with Gasteiger partial charge in [0.05, 0.1) is 10.6 Å². The first-order valence-electron chi connectivity index (χ1n) is 5.25. The van der Waals surface area contributed by atoms with E-state index in [1.54, 1.807) is 6.92 Å². The minimum Gasteiger partial charge on any atom is -0.369 e. The van der Waals surface area contributed by atoms with Gasteiger partial charge in [0.1, 0.15) is 0 Å². The number of ketones is 1. The third-order valence-electron chi connectivity index (χ3n) is 4.66. The molecule has 2 fully saturated rings. The molecule has 17 heavy (non-hydrogen) atoms. The number of carbonyl (C=O) groups is 1. The number of alkyl halides is 1. The second kappa shape index (κ2) is 4.01. The number of hydrogen-bond donors (Lipinski definition) is 2. The topological polar surface area (TPSA) is 108 Å². The van der Waals surface area contributed by atoms with Gasteiger partial charge in [-0.15, -0.1) is 0 Å². The quantitative estimate of drug-likeness (QED) is 0.597. The zero-order valence-corrected chi connectivity index (χ0v) is 12.6. The van der Waals surface area contributed by atoms with E-state index >= 15 is 0 Å². The van der Waals surface area contributed by atoms with E-state index in [9.17, 15) is 13.2 Å². The summed E-state index contributed by atoms with van der Waals surface area (Å²) in [7, 11) is -4.05. The maximum Gasteiger partial charge on any atom is 0.265 e. The SMILES string of the molecule is CC12CCC(C(Br)C1=O)C2(C)CS(=O)(=O)O.[NH4+]. The maximum absolute atomic E-state index is 12.1. The lowest BCUT2D eigenvalue weighted by atomic mass is 9.70. The van der Waals surface area contributed by atoms with Gasteiger partial charge in [-0.1, -0.05) is 29.8 Å². The third-order valence-corrected chi connectivity index (χ3v) is 6.68. The van der Waals surface area contributed by atoms with Gasteiger partial charge < -0.3 is 6.15 Å². The minimum atomic E-state index is -4.05. The van der Waals surface area contributed by atoms with Crippen molar-refractivity contribution in [2.75, 3.05) is 5.75 Å². The van der Waals surface area contributed by atoms with E-state index in [1.165, 1.54) is 0 Å². The van der Waals surface area contributed by atoms with Crippen LogP contribution in [0.25, 0.3) is 0 Å². The fraction of sp³-hybridized carbons (Fsp3) is 0.900. The zero-order chi connectivity index (χ0) is 12.4. The first-order valence-corrected chi connectivity index (χ1v) is 7.78. The molecule has 0 saturated heterocycles. The molecular weight excluding hydrogens is 310 g/mol. The molecule has 0 amide bonds. The van der Waals surface area contributed by atoms with Crippen molar-refractivity contribution in [1.82, 2.24) is 6.15 Å². The van der Waals surface area contributed by atoms with Gasteiger partial charge in [0.25, 0.3) is 10.1 Å². The van der Waals surface area contributed by atoms with Gasteiger partial charge >= 0.3 is 0 Å². The number of fused-ring (bicyclic) bond motifs is 2. The monoisotopic (exact) mass is 328 g/mol. The van der Waals surface area contributed by atoms with Crippen LogP contribution in [0.2, 0.25) is 0 Å². The molecular formula is C10H19BrNO4S+. The Labute approximate surface area is 110 Å². The average Bonchev–Trinajstić information content (AvgIpc) is 2.40. The Bertz CT molecular complexity index is 451. The molecule has 0 aromatic carbocycles. The van der Waals surface area contributed by atoms with E-state index in [-0.39, 0.29) is 28.4 Å². The van der Waals surface area contributed by atoms with Gasteiger partial charge in [-0.3, -0.25) is 9.35 Å². The maximum atomic E-state index is 12.1. The van der Waals surface area contributed by atoms with Crippen LogP contribution in [0.15, 0.2) is 0 Å². The lowest BCUT2D eigenvalue weighted by Gasteiger charge is -2.35. The van der Waals surface area contributed by atoms with Crippen LogP contribution in [-0.2, 0) is 14.9 Å². The van der Waals surface area contributed by atoms with Crippen molar-refractivity contribution in [3.8, 4) is 0 Å². The normalized spacial score (nSPS) is 44.8. The van der Waals surface area contributed by atoms with Crippen LogP contribution in [0.4, 0.5) is 0 Å². The van der Waals surface area contributed by atoms with Gasteiger partial charge in [-0.25, -0.2) is 0 Å². The zero-order valence-electron chi connectivity index (χ0n) is 10.2. The van der Waals surface area contributed by atoms with Crippen molar-refractivity contribution >= 4 is 31.8 Å². The smallest absolute Gasteiger partial charge is 0.265 e. The van der Waals surface area contributed by atoms with Crippen LogP contribution in [0.5, 0.6) is 0 Å². The van der Waals surface area contributed by atoms with E-state index in [4.69, 9.17) is 4.55 Å². The molecule has 5 N–H and O–H groups in total. The third kappa shape index (κ3) is 1.87. The summed E-state index contributed by atoms with van der Waals surface area (Å²) < 4.78 is 31.2. The van der Waals surface area contributed by atoms with Crippen molar-refractivity contribution in [1.29, 1.82) is 0 Å². The van der Waals surface area contributed by atoms with Crippen LogP contribution < -0.4 is 6.15 Å². The lowest BCUT2D eigenvalue weighted by molar-refractivity contribution is -0.127. The second-order valence-corrected chi connectivity index (χ2v) is 7.83. The summed E-state index contributed by atoms with van der Waals surface area (Å²) >= 11 is 3.35. The predicted octanol–water partition coefficient (Wildman–Crippen LogP) is 2.02. The Morgan fingerprint density at radius 3 is 2.35 bits per heavy atom. The molecule has 100 valence electrons. The molecule has 2 aliphatic carbocycles. The number of quaternary nitrogens is 1. The van der Waals surface area contributed by atoms with Crippen LogP contribution in [0.3, 0.4) is 0 Å². The van der Waals surface area contributed by atoms with Gasteiger partial charge in [-0.2, -0.15) is 8.42 Å². The van der Waals surface area contributed by atoms with Gasteiger partial charge in [0.15, 0.2) is 5.78 Å². The Morgan fingerprint density at radius 1 is 1.47 bits per heavy atom. The summed E-state index contributed by atoms with van der Waals surface area (Å²) in [6.45, 7) is 3.62. The molecule has 0 radical (unpaired) electrons. The number of carbonyl (C=O) groups excluding carboxylic acids is 1. The molecule has 7 heteroatoms. The lowest BCUT2D eigenvalue weighted by Crippen LogP contribution is -2.40. The Kier molecular flexibility index (Phi) is 3.56. The molecule has 2 bridgehead atoms. The Balaban J connectivity index is 0.00000144. The summed E-state index contributed by atoms with van der Waals surface area (Å²) in [5.74, 6) is -0.239. The molecule has 0 aliphatic heterocycles. The van der Waals surface area contributed by atoms with Crippen molar-refractivity contribution in [3.63, 3.8) is 0 Å². The van der Waals surface area contributed by atoms with Gasteiger partial charge in [0, 0.05) is 10.8 Å². The highest BCUT2D eigenvalue weighted by atomic mass is 79.9. The molecule has 2 rings (SSSR count). The Morgan fingerprint density at radius 2 is 2.00 bits per heavy atom. The first-order chi connectivity index (χ1) is 7.12.